The fourth-order valence-corrected chi connectivity index (χ4v) is 3.82. The zero-order valence-electron chi connectivity index (χ0n) is 19.9. The van der Waals surface area contributed by atoms with E-state index in [9.17, 15) is 19.7 Å². The summed E-state index contributed by atoms with van der Waals surface area (Å²) in [5.74, 6) is -1.11. The number of hydrogen-bond acceptors (Lipinski definition) is 7. The molecule has 1 saturated heterocycles. The van der Waals surface area contributed by atoms with Gasteiger partial charge in [-0.2, -0.15) is 5.10 Å². The zero-order valence-corrected chi connectivity index (χ0v) is 20.7. The average molecular weight is 501 g/mol. The number of nitro benzene ring substituents is 1. The summed E-state index contributed by atoms with van der Waals surface area (Å²) >= 11 is 5.87. The van der Waals surface area contributed by atoms with Crippen molar-refractivity contribution in [1.29, 1.82) is 0 Å². The summed E-state index contributed by atoms with van der Waals surface area (Å²) in [6.07, 6.45) is 1.40. The predicted octanol–water partition coefficient (Wildman–Crippen LogP) is 2.90. The number of rotatable bonds is 8. The van der Waals surface area contributed by atoms with Crippen LogP contribution >= 0.6 is 11.6 Å². The normalized spacial score (nSPS) is 15.3. The van der Waals surface area contributed by atoms with Crippen molar-refractivity contribution < 1.29 is 14.5 Å². The molecule has 10 nitrogen and oxygen atoms in total. The van der Waals surface area contributed by atoms with Gasteiger partial charge in [-0.15, -0.1) is 0 Å². The second-order valence-electron chi connectivity index (χ2n) is 8.73. The number of halogens is 1. The van der Waals surface area contributed by atoms with Gasteiger partial charge in [-0.05, 0) is 43.3 Å². The fourth-order valence-electron chi connectivity index (χ4n) is 3.69. The van der Waals surface area contributed by atoms with E-state index in [-0.39, 0.29) is 11.6 Å². The molecule has 1 aliphatic heterocycles. The van der Waals surface area contributed by atoms with Gasteiger partial charge in [-0.1, -0.05) is 25.4 Å². The van der Waals surface area contributed by atoms with Crippen molar-refractivity contribution in [2.45, 2.75) is 19.9 Å². The molecule has 0 spiro atoms. The van der Waals surface area contributed by atoms with Gasteiger partial charge in [-0.25, -0.2) is 5.43 Å². The van der Waals surface area contributed by atoms with Crippen LogP contribution in [0.1, 0.15) is 29.8 Å². The highest BCUT2D eigenvalue weighted by atomic mass is 35.5. The van der Waals surface area contributed by atoms with E-state index in [4.69, 9.17) is 11.6 Å². The fraction of sp³-hybridized carbons (Fsp3) is 0.375. The summed E-state index contributed by atoms with van der Waals surface area (Å²) in [6, 6.07) is 10.1. The highest BCUT2D eigenvalue weighted by Crippen LogP contribution is 2.25. The van der Waals surface area contributed by atoms with Gasteiger partial charge in [0.25, 0.3) is 17.5 Å². The molecule has 0 aromatic heterocycles. The quantitative estimate of drug-likeness (QED) is 0.326. The Morgan fingerprint density at radius 2 is 1.77 bits per heavy atom. The molecule has 2 amide bonds. The van der Waals surface area contributed by atoms with Crippen molar-refractivity contribution in [3.05, 3.63) is 68.7 Å². The number of carbonyl (C=O) groups excluding carboxylic acids is 2. The number of carbonyl (C=O) groups is 2. The third-order valence-electron chi connectivity index (χ3n) is 5.79. The van der Waals surface area contributed by atoms with Gasteiger partial charge in [0.1, 0.15) is 6.04 Å². The summed E-state index contributed by atoms with van der Waals surface area (Å²) < 4.78 is 0. The lowest BCUT2D eigenvalue weighted by Crippen LogP contribution is -2.48. The molecule has 0 radical (unpaired) electrons. The van der Waals surface area contributed by atoms with Gasteiger partial charge in [0.15, 0.2) is 0 Å². The van der Waals surface area contributed by atoms with Crippen LogP contribution in [0, 0.1) is 16.0 Å². The van der Waals surface area contributed by atoms with Crippen LogP contribution in [0.25, 0.3) is 0 Å². The lowest BCUT2D eigenvalue weighted by molar-refractivity contribution is -0.384. The maximum Gasteiger partial charge on any atom is 0.270 e. The maximum atomic E-state index is 12.8. The van der Waals surface area contributed by atoms with Crippen molar-refractivity contribution in [2.75, 3.05) is 38.1 Å². The Hall–Kier alpha value is -3.50. The van der Waals surface area contributed by atoms with E-state index in [1.165, 1.54) is 18.3 Å². The van der Waals surface area contributed by atoms with Gasteiger partial charge < -0.3 is 15.1 Å². The highest BCUT2D eigenvalue weighted by Gasteiger charge is 2.25. The van der Waals surface area contributed by atoms with E-state index >= 15 is 0 Å². The molecule has 1 fully saturated rings. The van der Waals surface area contributed by atoms with Crippen LogP contribution in [0.2, 0.25) is 5.02 Å². The topological polar surface area (TPSA) is 120 Å². The first-order chi connectivity index (χ1) is 16.7. The molecule has 1 aliphatic rings. The molecule has 35 heavy (non-hydrogen) atoms. The Morgan fingerprint density at radius 1 is 1.11 bits per heavy atom. The Kier molecular flexibility index (Phi) is 8.78. The molecule has 1 heterocycles. The van der Waals surface area contributed by atoms with Gasteiger partial charge in [0.05, 0.1) is 11.1 Å². The molecule has 0 aliphatic carbocycles. The van der Waals surface area contributed by atoms with E-state index in [1.54, 1.807) is 30.3 Å². The largest absolute Gasteiger partial charge is 0.368 e. The second-order valence-corrected chi connectivity index (χ2v) is 9.16. The molecule has 186 valence electrons. The third kappa shape index (κ3) is 7.00. The summed E-state index contributed by atoms with van der Waals surface area (Å²) in [6.45, 7) is 6.90. The van der Waals surface area contributed by atoms with Crippen LogP contribution in [-0.2, 0) is 4.79 Å². The van der Waals surface area contributed by atoms with Crippen LogP contribution in [-0.4, -0.2) is 67.1 Å². The van der Waals surface area contributed by atoms with Crippen molar-refractivity contribution in [3.8, 4) is 0 Å². The number of nitro groups is 1. The van der Waals surface area contributed by atoms with Gasteiger partial charge in [-0.3, -0.25) is 19.7 Å². The molecule has 2 aromatic carbocycles. The Balaban J connectivity index is 1.73. The summed E-state index contributed by atoms with van der Waals surface area (Å²) in [7, 11) is 2.04. The maximum absolute atomic E-state index is 12.8. The number of hydrogen-bond donors (Lipinski definition) is 2. The summed E-state index contributed by atoms with van der Waals surface area (Å²) in [5.41, 5.74) is 4.11. The van der Waals surface area contributed by atoms with Crippen LogP contribution in [0.4, 0.5) is 11.4 Å². The van der Waals surface area contributed by atoms with E-state index in [0.717, 1.165) is 31.9 Å². The Morgan fingerprint density at radius 3 is 2.37 bits per heavy atom. The first-order valence-electron chi connectivity index (χ1n) is 11.3. The van der Waals surface area contributed by atoms with Gasteiger partial charge in [0, 0.05) is 60.1 Å². The molecule has 1 atom stereocenters. The number of anilines is 1. The number of amides is 2. The second kappa shape index (κ2) is 11.8. The lowest BCUT2D eigenvalue weighted by Gasteiger charge is -2.34. The minimum atomic E-state index is -0.836. The number of non-ortho nitro benzene ring substituents is 1. The molecule has 0 saturated carbocycles. The SMILES string of the molecule is CC(C)C(NC(=O)c1ccc(Cl)cc1)C(=O)N/N=C/c1cc([N+](=O)[O-])ccc1N1CCN(C)CC1. The van der Waals surface area contributed by atoms with Gasteiger partial charge >= 0.3 is 0 Å². The van der Waals surface area contributed by atoms with Crippen molar-refractivity contribution >= 4 is 41.0 Å². The minimum absolute atomic E-state index is 0.0639. The molecular formula is C24H29ClN6O4. The average Bonchev–Trinajstić information content (AvgIpc) is 2.83. The first-order valence-corrected chi connectivity index (χ1v) is 11.6. The van der Waals surface area contributed by atoms with E-state index in [2.05, 4.69) is 25.6 Å². The highest BCUT2D eigenvalue weighted by molar-refractivity contribution is 6.30. The summed E-state index contributed by atoms with van der Waals surface area (Å²) in [5, 5.41) is 18.6. The molecular weight excluding hydrogens is 472 g/mol. The number of nitrogens with one attached hydrogen (secondary N) is 2. The van der Waals surface area contributed by atoms with Crippen LogP contribution < -0.4 is 15.6 Å². The molecule has 2 aromatic rings. The van der Waals surface area contributed by atoms with Gasteiger partial charge in [0.2, 0.25) is 0 Å². The van der Waals surface area contributed by atoms with Crippen LogP contribution in [0.15, 0.2) is 47.6 Å². The first kappa shape index (κ1) is 26.1. The van der Waals surface area contributed by atoms with Crippen molar-refractivity contribution in [1.82, 2.24) is 15.6 Å². The number of benzene rings is 2. The molecule has 2 N–H and O–H groups in total. The lowest BCUT2D eigenvalue weighted by atomic mass is 10.0. The Bertz CT molecular complexity index is 1100. The molecule has 3 rings (SSSR count). The molecule has 0 bridgehead atoms. The number of piperazine rings is 1. The van der Waals surface area contributed by atoms with E-state index in [0.29, 0.717) is 16.1 Å². The van der Waals surface area contributed by atoms with E-state index < -0.39 is 22.8 Å². The third-order valence-corrected chi connectivity index (χ3v) is 6.04. The molecule has 11 heteroatoms. The Labute approximate surface area is 209 Å². The number of nitrogens with zero attached hydrogens (tertiary/aromatic N) is 4. The predicted molar refractivity (Wildman–Crippen MR) is 136 cm³/mol. The zero-order chi connectivity index (χ0) is 25.5. The van der Waals surface area contributed by atoms with Crippen LogP contribution in [0.5, 0.6) is 0 Å². The monoisotopic (exact) mass is 500 g/mol. The number of likely N-dealkylation sites (N-methyl/N-ethyl adjacent to an activating group) is 1. The van der Waals surface area contributed by atoms with E-state index in [1.807, 2.05) is 20.9 Å². The molecule has 1 unspecified atom stereocenters. The van der Waals surface area contributed by atoms with Crippen molar-refractivity contribution in [2.24, 2.45) is 11.0 Å². The van der Waals surface area contributed by atoms with Crippen molar-refractivity contribution in [3.63, 3.8) is 0 Å². The van der Waals surface area contributed by atoms with Crippen LogP contribution in [0.3, 0.4) is 0 Å². The minimum Gasteiger partial charge on any atom is -0.368 e. The summed E-state index contributed by atoms with van der Waals surface area (Å²) in [4.78, 5) is 40.5. The number of hydrazone groups is 1. The smallest absolute Gasteiger partial charge is 0.270 e. The standard InChI is InChI=1S/C24H29ClN6O4/c1-16(2)22(27-23(32)17-4-6-19(25)7-5-17)24(33)28-26-15-18-14-20(31(34)35)8-9-21(18)30-12-10-29(3)11-13-30/h4-9,14-16,22H,10-13H2,1-3H3,(H,27,32)(H,28,33)/b26-15+.